The number of thiazole rings is 1. The molecule has 0 spiro atoms. The Hall–Kier alpha value is -2.22. The van der Waals surface area contributed by atoms with Crippen molar-refractivity contribution < 1.29 is 4.79 Å². The molecule has 0 unspecified atom stereocenters. The Morgan fingerprint density at radius 2 is 2.24 bits per heavy atom. The van der Waals surface area contributed by atoms with Gasteiger partial charge in [-0.05, 0) is 6.42 Å². The van der Waals surface area contributed by atoms with E-state index in [0.29, 0.717) is 13.0 Å². The van der Waals surface area contributed by atoms with Crippen molar-refractivity contribution in [2.24, 2.45) is 7.05 Å². The van der Waals surface area contributed by atoms with E-state index in [-0.39, 0.29) is 5.56 Å². The third-order valence-electron chi connectivity index (χ3n) is 2.92. The lowest BCUT2D eigenvalue weighted by Gasteiger charge is -2.04. The molecular formula is C13H16N4O3S. The van der Waals surface area contributed by atoms with Gasteiger partial charge in [-0.3, -0.25) is 14.6 Å². The first-order valence-corrected chi connectivity index (χ1v) is 7.40. The van der Waals surface area contributed by atoms with Gasteiger partial charge in [0.1, 0.15) is 5.56 Å². The molecule has 0 aromatic carbocycles. The van der Waals surface area contributed by atoms with E-state index in [1.807, 2.05) is 12.3 Å². The molecule has 0 saturated heterocycles. The zero-order chi connectivity index (χ0) is 15.4. The van der Waals surface area contributed by atoms with E-state index in [1.165, 1.54) is 13.2 Å². The Bertz CT molecular complexity index is 759. The van der Waals surface area contributed by atoms with E-state index in [4.69, 9.17) is 0 Å². The predicted molar refractivity (Wildman–Crippen MR) is 79.8 cm³/mol. The number of hydrogen-bond acceptors (Lipinski definition) is 5. The molecule has 7 nitrogen and oxygen atoms in total. The molecule has 0 fully saturated rings. The number of carbonyl (C=O) groups excluding carboxylic acids is 1. The topological polar surface area (TPSA) is 96.8 Å². The highest BCUT2D eigenvalue weighted by Gasteiger charge is 2.11. The van der Waals surface area contributed by atoms with E-state index >= 15 is 0 Å². The van der Waals surface area contributed by atoms with Gasteiger partial charge in [0, 0.05) is 31.6 Å². The third kappa shape index (κ3) is 3.66. The zero-order valence-corrected chi connectivity index (χ0v) is 12.6. The molecule has 0 aliphatic carbocycles. The molecule has 2 aromatic heterocycles. The van der Waals surface area contributed by atoms with E-state index in [0.717, 1.165) is 21.7 Å². The van der Waals surface area contributed by atoms with Crippen molar-refractivity contribution in [2.45, 2.75) is 19.8 Å². The van der Waals surface area contributed by atoms with Crippen LogP contribution in [0.5, 0.6) is 0 Å². The molecule has 2 N–H and O–H groups in total. The summed E-state index contributed by atoms with van der Waals surface area (Å²) in [5.41, 5.74) is -0.389. The fourth-order valence-electron chi connectivity index (χ4n) is 1.75. The molecule has 0 saturated carbocycles. The summed E-state index contributed by atoms with van der Waals surface area (Å²) in [6.45, 7) is 2.42. The molecule has 0 bridgehead atoms. The van der Waals surface area contributed by atoms with Crippen LogP contribution in [0.25, 0.3) is 0 Å². The molecular weight excluding hydrogens is 292 g/mol. The van der Waals surface area contributed by atoms with Crippen LogP contribution in [0.1, 0.15) is 28.0 Å². The van der Waals surface area contributed by atoms with E-state index in [9.17, 15) is 14.4 Å². The second-order valence-corrected chi connectivity index (χ2v) is 5.45. The van der Waals surface area contributed by atoms with Crippen molar-refractivity contribution in [3.8, 4) is 0 Å². The van der Waals surface area contributed by atoms with E-state index in [1.54, 1.807) is 11.3 Å². The molecule has 0 aliphatic heterocycles. The summed E-state index contributed by atoms with van der Waals surface area (Å²) in [6, 6.07) is 0. The van der Waals surface area contributed by atoms with Gasteiger partial charge in [-0.25, -0.2) is 9.78 Å². The quantitative estimate of drug-likeness (QED) is 0.816. The number of aromatic amines is 1. The molecule has 21 heavy (non-hydrogen) atoms. The van der Waals surface area contributed by atoms with E-state index in [2.05, 4.69) is 15.3 Å². The summed E-state index contributed by atoms with van der Waals surface area (Å²) >= 11 is 1.59. The van der Waals surface area contributed by atoms with Gasteiger partial charge in [-0.1, -0.05) is 6.92 Å². The minimum absolute atomic E-state index is 0.0791. The van der Waals surface area contributed by atoms with Gasteiger partial charge in [0.05, 0.1) is 10.7 Å². The molecule has 2 heterocycles. The summed E-state index contributed by atoms with van der Waals surface area (Å²) in [5.74, 6) is -0.502. The number of carbonyl (C=O) groups is 1. The van der Waals surface area contributed by atoms with Gasteiger partial charge in [-0.15, -0.1) is 11.3 Å². The van der Waals surface area contributed by atoms with Crippen LogP contribution in [-0.4, -0.2) is 27.0 Å². The Labute approximate surface area is 124 Å². The molecule has 0 atom stereocenters. The summed E-state index contributed by atoms with van der Waals surface area (Å²) in [4.78, 5) is 41.2. The molecule has 8 heteroatoms. The first-order valence-electron chi connectivity index (χ1n) is 6.52. The fraction of sp³-hybridized carbons (Fsp3) is 0.385. The van der Waals surface area contributed by atoms with Crippen LogP contribution < -0.4 is 16.6 Å². The molecule has 1 amide bonds. The second-order valence-electron chi connectivity index (χ2n) is 4.50. The number of amides is 1. The number of aromatic nitrogens is 3. The summed E-state index contributed by atoms with van der Waals surface area (Å²) < 4.78 is 1.16. The van der Waals surface area contributed by atoms with E-state index < -0.39 is 17.2 Å². The minimum Gasteiger partial charge on any atom is -0.351 e. The highest BCUT2D eigenvalue weighted by Crippen LogP contribution is 2.10. The maximum absolute atomic E-state index is 11.9. The van der Waals surface area contributed by atoms with Gasteiger partial charge in [0.2, 0.25) is 0 Å². The maximum atomic E-state index is 11.9. The Morgan fingerprint density at radius 1 is 1.48 bits per heavy atom. The summed E-state index contributed by atoms with van der Waals surface area (Å²) in [7, 11) is 1.47. The highest BCUT2D eigenvalue weighted by atomic mass is 32.1. The first-order chi connectivity index (χ1) is 10.0. The highest BCUT2D eigenvalue weighted by molar-refractivity contribution is 7.09. The lowest BCUT2D eigenvalue weighted by atomic mass is 10.3. The van der Waals surface area contributed by atoms with Gasteiger partial charge in [-0.2, -0.15) is 0 Å². The number of hydrogen-bond donors (Lipinski definition) is 2. The van der Waals surface area contributed by atoms with Crippen molar-refractivity contribution in [1.82, 2.24) is 19.9 Å². The molecule has 112 valence electrons. The summed E-state index contributed by atoms with van der Waals surface area (Å²) in [6.07, 6.45) is 2.73. The normalized spacial score (nSPS) is 10.6. The van der Waals surface area contributed by atoms with Crippen molar-refractivity contribution >= 4 is 17.2 Å². The molecule has 2 aromatic rings. The first kappa shape index (κ1) is 15.2. The maximum Gasteiger partial charge on any atom is 0.328 e. The van der Waals surface area contributed by atoms with Crippen LogP contribution in [0.15, 0.2) is 21.2 Å². The third-order valence-corrected chi connectivity index (χ3v) is 3.96. The number of H-pyrrole nitrogens is 1. The Balaban J connectivity index is 1.97. The Kier molecular flexibility index (Phi) is 4.69. The van der Waals surface area contributed by atoms with Crippen LogP contribution >= 0.6 is 11.3 Å². The zero-order valence-electron chi connectivity index (χ0n) is 11.8. The van der Waals surface area contributed by atoms with Crippen LogP contribution in [-0.2, 0) is 19.9 Å². The fourth-order valence-corrected chi connectivity index (χ4v) is 2.53. The Morgan fingerprint density at radius 3 is 2.90 bits per heavy atom. The van der Waals surface area contributed by atoms with Crippen LogP contribution in [0.3, 0.4) is 0 Å². The van der Waals surface area contributed by atoms with Crippen molar-refractivity contribution in [3.63, 3.8) is 0 Å². The predicted octanol–water partition coefficient (Wildman–Crippen LogP) is 0.0650. The average molecular weight is 308 g/mol. The molecule has 0 radical (unpaired) electrons. The lowest BCUT2D eigenvalue weighted by Crippen LogP contribution is -2.36. The van der Waals surface area contributed by atoms with Gasteiger partial charge < -0.3 is 9.88 Å². The van der Waals surface area contributed by atoms with Gasteiger partial charge in [0.25, 0.3) is 11.5 Å². The lowest BCUT2D eigenvalue weighted by molar-refractivity contribution is 0.0951. The second kappa shape index (κ2) is 6.49. The van der Waals surface area contributed by atoms with Crippen LogP contribution in [0.2, 0.25) is 0 Å². The number of nitrogens with one attached hydrogen (secondary N) is 2. The van der Waals surface area contributed by atoms with Crippen molar-refractivity contribution in [1.29, 1.82) is 0 Å². The largest absolute Gasteiger partial charge is 0.351 e. The van der Waals surface area contributed by atoms with Crippen LogP contribution in [0.4, 0.5) is 0 Å². The SMILES string of the molecule is CCc1nc(CCNC(=O)c2cn(C)c(=O)[nH]c2=O)cs1. The minimum atomic E-state index is -0.683. The average Bonchev–Trinajstić information content (AvgIpc) is 2.90. The van der Waals surface area contributed by atoms with Gasteiger partial charge >= 0.3 is 5.69 Å². The molecule has 0 aliphatic rings. The standard InChI is InChI=1S/C13H16N4O3S/c1-3-10-15-8(7-21-10)4-5-14-11(18)9-6-17(2)13(20)16-12(9)19/h6-7H,3-5H2,1-2H3,(H,14,18)(H,16,19,20). The summed E-state index contributed by atoms with van der Waals surface area (Å²) in [5, 5.41) is 5.68. The van der Waals surface area contributed by atoms with Gasteiger partial charge in [0.15, 0.2) is 0 Å². The smallest absolute Gasteiger partial charge is 0.328 e. The van der Waals surface area contributed by atoms with Crippen molar-refractivity contribution in [2.75, 3.05) is 6.54 Å². The van der Waals surface area contributed by atoms with Crippen molar-refractivity contribution in [3.05, 3.63) is 48.7 Å². The number of aryl methyl sites for hydroxylation is 2. The monoisotopic (exact) mass is 308 g/mol. The van der Waals surface area contributed by atoms with Crippen LogP contribution in [0, 0.1) is 0 Å². The molecule has 2 rings (SSSR count). The number of rotatable bonds is 5. The number of nitrogens with zero attached hydrogens (tertiary/aromatic N) is 2.